The number of hydrogen-bond acceptors (Lipinski definition) is 4. The number of nitro groups is 1. The molecule has 0 fully saturated rings. The summed E-state index contributed by atoms with van der Waals surface area (Å²) in [5.74, 6) is 0.646. The highest BCUT2D eigenvalue weighted by Crippen LogP contribution is 2.57. The summed E-state index contributed by atoms with van der Waals surface area (Å²) in [5, 5.41) is 12.7. The van der Waals surface area contributed by atoms with Crippen molar-refractivity contribution in [1.82, 2.24) is 0 Å². The molecule has 5 nitrogen and oxygen atoms in total. The summed E-state index contributed by atoms with van der Waals surface area (Å²) in [6, 6.07) is 25.0. The van der Waals surface area contributed by atoms with Crippen LogP contribution in [0.25, 0.3) is 0 Å². The normalized spacial score (nSPS) is 12.3. The molecule has 0 radical (unpaired) electrons. The SMILES string of the molecule is COc1ccc([C@@H](C[N+](=O)[O-])P(=O)(c2ccccc2)c2ccccc2)cc1. The predicted octanol–water partition coefficient (Wildman–Crippen LogP) is 4.03. The van der Waals surface area contributed by atoms with E-state index in [4.69, 9.17) is 4.74 Å². The van der Waals surface area contributed by atoms with Crippen molar-refractivity contribution in [3.63, 3.8) is 0 Å². The molecule has 0 heterocycles. The maximum Gasteiger partial charge on any atom is 0.218 e. The molecule has 0 saturated heterocycles. The van der Waals surface area contributed by atoms with Gasteiger partial charge in [0, 0.05) is 15.5 Å². The first kappa shape index (κ1) is 18.9. The van der Waals surface area contributed by atoms with E-state index in [1.807, 2.05) is 36.4 Å². The zero-order chi connectivity index (χ0) is 19.3. The first-order valence-corrected chi connectivity index (χ1v) is 10.3. The Morgan fingerprint density at radius 2 is 1.37 bits per heavy atom. The monoisotopic (exact) mass is 381 g/mol. The van der Waals surface area contributed by atoms with E-state index in [1.165, 1.54) is 0 Å². The molecule has 0 N–H and O–H groups in total. The molecule has 138 valence electrons. The summed E-state index contributed by atoms with van der Waals surface area (Å²) >= 11 is 0. The Kier molecular flexibility index (Phi) is 5.72. The topological polar surface area (TPSA) is 69.4 Å². The minimum absolute atomic E-state index is 0.395. The molecule has 0 spiro atoms. The first-order chi connectivity index (χ1) is 13.1. The van der Waals surface area contributed by atoms with Crippen molar-refractivity contribution in [2.75, 3.05) is 13.7 Å². The van der Waals surface area contributed by atoms with Crippen LogP contribution in [-0.2, 0) is 4.57 Å². The summed E-state index contributed by atoms with van der Waals surface area (Å²) in [6.07, 6.45) is 0. The number of nitrogens with zero attached hydrogens (tertiary/aromatic N) is 1. The lowest BCUT2D eigenvalue weighted by Crippen LogP contribution is -2.25. The first-order valence-electron chi connectivity index (χ1n) is 8.52. The highest BCUT2D eigenvalue weighted by molar-refractivity contribution is 7.79. The summed E-state index contributed by atoms with van der Waals surface area (Å²) in [5.41, 5.74) is -0.119. The van der Waals surface area contributed by atoms with Crippen molar-refractivity contribution in [2.24, 2.45) is 0 Å². The fraction of sp³-hybridized carbons (Fsp3) is 0.143. The Morgan fingerprint density at radius 1 is 0.889 bits per heavy atom. The molecule has 0 aliphatic heterocycles. The molecule has 3 aromatic carbocycles. The fourth-order valence-corrected chi connectivity index (χ4v) is 6.41. The van der Waals surface area contributed by atoms with E-state index in [9.17, 15) is 14.7 Å². The average molecular weight is 381 g/mol. The quantitative estimate of drug-likeness (QED) is 0.352. The maximum atomic E-state index is 14.5. The Hall–Kier alpha value is -2.91. The number of rotatable bonds is 7. The minimum atomic E-state index is -3.32. The lowest BCUT2D eigenvalue weighted by atomic mass is 10.1. The van der Waals surface area contributed by atoms with Crippen LogP contribution in [-0.4, -0.2) is 18.6 Å². The van der Waals surface area contributed by atoms with Gasteiger partial charge in [-0.25, -0.2) is 0 Å². The van der Waals surface area contributed by atoms with Gasteiger partial charge in [0.1, 0.15) is 11.4 Å². The second-order valence-electron chi connectivity index (χ2n) is 6.13. The minimum Gasteiger partial charge on any atom is -0.497 e. The van der Waals surface area contributed by atoms with Crippen LogP contribution in [0.1, 0.15) is 11.2 Å². The molecule has 0 aliphatic carbocycles. The highest BCUT2D eigenvalue weighted by Gasteiger charge is 2.40. The van der Waals surface area contributed by atoms with Crippen LogP contribution >= 0.6 is 7.14 Å². The number of ether oxygens (including phenoxy) is 1. The standard InChI is InChI=1S/C21H20NO4P/c1-26-18-14-12-17(13-15-18)21(16-22(23)24)27(25,19-8-4-2-5-9-19)20-10-6-3-7-11-20/h2-15,21H,16H2,1H3/t21-/m1/s1. The molecule has 3 rings (SSSR count). The lowest BCUT2D eigenvalue weighted by Gasteiger charge is -2.26. The Labute approximate surface area is 158 Å². The van der Waals surface area contributed by atoms with Gasteiger partial charge in [0.05, 0.1) is 7.11 Å². The summed E-state index contributed by atoms with van der Waals surface area (Å²) in [6.45, 7) is -0.423. The Bertz CT molecular complexity index is 899. The summed E-state index contributed by atoms with van der Waals surface area (Å²) < 4.78 is 19.7. The molecule has 1 atom stereocenters. The number of benzene rings is 3. The third-order valence-electron chi connectivity index (χ3n) is 4.54. The van der Waals surface area contributed by atoms with E-state index < -0.39 is 24.3 Å². The molecular formula is C21H20NO4P. The average Bonchev–Trinajstić information content (AvgIpc) is 2.73. The van der Waals surface area contributed by atoms with Gasteiger partial charge in [-0.2, -0.15) is 0 Å². The molecule has 0 amide bonds. The summed E-state index contributed by atoms with van der Waals surface area (Å²) in [4.78, 5) is 11.1. The van der Waals surface area contributed by atoms with Crippen LogP contribution in [0.3, 0.4) is 0 Å². The van der Waals surface area contributed by atoms with Gasteiger partial charge in [-0.1, -0.05) is 72.8 Å². The van der Waals surface area contributed by atoms with Gasteiger partial charge in [0.15, 0.2) is 7.14 Å². The van der Waals surface area contributed by atoms with Gasteiger partial charge in [-0.05, 0) is 17.7 Å². The molecule has 27 heavy (non-hydrogen) atoms. The molecule has 0 unspecified atom stereocenters. The number of methoxy groups -OCH3 is 1. The van der Waals surface area contributed by atoms with Gasteiger partial charge in [-0.3, -0.25) is 10.1 Å². The van der Waals surface area contributed by atoms with E-state index in [-0.39, 0.29) is 0 Å². The van der Waals surface area contributed by atoms with E-state index in [1.54, 1.807) is 55.6 Å². The Morgan fingerprint density at radius 3 is 1.78 bits per heavy atom. The van der Waals surface area contributed by atoms with E-state index >= 15 is 0 Å². The Balaban J connectivity index is 2.22. The molecule has 0 saturated carbocycles. The van der Waals surface area contributed by atoms with E-state index in [0.29, 0.717) is 21.9 Å². The fourth-order valence-electron chi connectivity index (χ4n) is 3.21. The van der Waals surface area contributed by atoms with Gasteiger partial charge in [-0.15, -0.1) is 0 Å². The van der Waals surface area contributed by atoms with Gasteiger partial charge in [0.2, 0.25) is 6.54 Å². The van der Waals surface area contributed by atoms with Gasteiger partial charge < -0.3 is 9.30 Å². The molecule has 0 bridgehead atoms. The largest absolute Gasteiger partial charge is 0.497 e. The van der Waals surface area contributed by atoms with Crippen molar-refractivity contribution in [1.29, 1.82) is 0 Å². The molecule has 6 heteroatoms. The summed E-state index contributed by atoms with van der Waals surface area (Å²) in [7, 11) is -1.76. The van der Waals surface area contributed by atoms with Crippen LogP contribution in [0.2, 0.25) is 0 Å². The highest BCUT2D eigenvalue weighted by atomic mass is 31.2. The van der Waals surface area contributed by atoms with E-state index in [2.05, 4.69) is 0 Å². The second kappa shape index (κ2) is 8.19. The smallest absolute Gasteiger partial charge is 0.218 e. The number of hydrogen-bond donors (Lipinski definition) is 0. The van der Waals surface area contributed by atoms with Crippen molar-refractivity contribution in [3.05, 3.63) is 101 Å². The third kappa shape index (κ3) is 3.93. The van der Waals surface area contributed by atoms with Crippen molar-refractivity contribution in [3.8, 4) is 5.75 Å². The van der Waals surface area contributed by atoms with Crippen LogP contribution in [0.5, 0.6) is 5.75 Å². The molecular weight excluding hydrogens is 361 g/mol. The zero-order valence-electron chi connectivity index (χ0n) is 14.9. The van der Waals surface area contributed by atoms with Gasteiger partial charge >= 0.3 is 0 Å². The van der Waals surface area contributed by atoms with Crippen molar-refractivity contribution >= 4 is 17.8 Å². The zero-order valence-corrected chi connectivity index (χ0v) is 15.8. The molecule has 0 aromatic heterocycles. The molecule has 3 aromatic rings. The van der Waals surface area contributed by atoms with Gasteiger partial charge in [0.25, 0.3) is 0 Å². The maximum absolute atomic E-state index is 14.5. The lowest BCUT2D eigenvalue weighted by molar-refractivity contribution is -0.480. The molecule has 0 aliphatic rings. The van der Waals surface area contributed by atoms with Crippen LogP contribution in [0.4, 0.5) is 0 Å². The van der Waals surface area contributed by atoms with Crippen LogP contribution in [0, 0.1) is 10.1 Å². The van der Waals surface area contributed by atoms with Crippen molar-refractivity contribution in [2.45, 2.75) is 5.66 Å². The predicted molar refractivity (Wildman–Crippen MR) is 107 cm³/mol. The van der Waals surface area contributed by atoms with Crippen LogP contribution in [0.15, 0.2) is 84.9 Å². The van der Waals surface area contributed by atoms with Crippen molar-refractivity contribution < 1.29 is 14.2 Å². The van der Waals surface area contributed by atoms with Crippen LogP contribution < -0.4 is 15.3 Å². The van der Waals surface area contributed by atoms with E-state index in [0.717, 1.165) is 0 Å². The third-order valence-corrected chi connectivity index (χ3v) is 8.01. The second-order valence-corrected chi connectivity index (χ2v) is 9.11.